The average molecular weight is 243 g/mol. The molecule has 3 heteroatoms. The van der Waals surface area contributed by atoms with Gasteiger partial charge in [0.2, 0.25) is 0 Å². The quantitative estimate of drug-likeness (QED) is 0.808. The Morgan fingerprint density at radius 1 is 1.22 bits per heavy atom. The van der Waals surface area contributed by atoms with Crippen LogP contribution in [-0.2, 0) is 0 Å². The van der Waals surface area contributed by atoms with Crippen molar-refractivity contribution in [3.05, 3.63) is 30.5 Å². The van der Waals surface area contributed by atoms with Crippen molar-refractivity contribution >= 4 is 22.3 Å². The third-order valence-electron chi connectivity index (χ3n) is 3.55. The molecule has 0 saturated carbocycles. The van der Waals surface area contributed by atoms with Gasteiger partial charge in [-0.1, -0.05) is 32.9 Å². The standard InChI is InChI=1S/C15H21N3/c1-10(2)11(3)9-18-14-7-8-17-15-12(14)5-4-6-13(15)16/h4-8,10-11H,9,16H2,1-3H3,(H,17,18). The maximum atomic E-state index is 5.94. The molecule has 0 saturated heterocycles. The molecule has 3 nitrogen and oxygen atoms in total. The van der Waals surface area contributed by atoms with Gasteiger partial charge in [-0.25, -0.2) is 0 Å². The Morgan fingerprint density at radius 2 is 2.00 bits per heavy atom. The van der Waals surface area contributed by atoms with E-state index >= 15 is 0 Å². The molecule has 0 spiro atoms. The molecule has 3 N–H and O–H groups in total. The number of nitrogens with zero attached hydrogens (tertiary/aromatic N) is 1. The Labute approximate surface area is 108 Å². The van der Waals surface area contributed by atoms with Gasteiger partial charge in [0.1, 0.15) is 0 Å². The molecule has 18 heavy (non-hydrogen) atoms. The molecule has 0 aliphatic heterocycles. The number of hydrogen-bond acceptors (Lipinski definition) is 3. The minimum Gasteiger partial charge on any atom is -0.397 e. The van der Waals surface area contributed by atoms with Crippen LogP contribution in [0.1, 0.15) is 20.8 Å². The molecule has 0 amide bonds. The highest BCUT2D eigenvalue weighted by Gasteiger charge is 2.08. The zero-order valence-electron chi connectivity index (χ0n) is 11.3. The van der Waals surface area contributed by atoms with Crippen molar-refractivity contribution in [1.29, 1.82) is 0 Å². The molecule has 1 unspecified atom stereocenters. The van der Waals surface area contributed by atoms with Gasteiger partial charge in [0.25, 0.3) is 0 Å². The van der Waals surface area contributed by atoms with Gasteiger partial charge in [-0.3, -0.25) is 4.98 Å². The summed E-state index contributed by atoms with van der Waals surface area (Å²) in [5, 5.41) is 4.59. The molecule has 1 heterocycles. The van der Waals surface area contributed by atoms with E-state index in [2.05, 4.69) is 37.1 Å². The van der Waals surface area contributed by atoms with E-state index in [0.717, 1.165) is 28.8 Å². The van der Waals surface area contributed by atoms with Crippen LogP contribution in [0.15, 0.2) is 30.5 Å². The zero-order valence-corrected chi connectivity index (χ0v) is 11.3. The van der Waals surface area contributed by atoms with Crippen molar-refractivity contribution in [1.82, 2.24) is 4.98 Å². The third-order valence-corrected chi connectivity index (χ3v) is 3.55. The Hall–Kier alpha value is -1.77. The summed E-state index contributed by atoms with van der Waals surface area (Å²) >= 11 is 0. The lowest BCUT2D eigenvalue weighted by atomic mass is 9.98. The number of fused-ring (bicyclic) bond motifs is 1. The predicted molar refractivity (Wildman–Crippen MR) is 78.6 cm³/mol. The van der Waals surface area contributed by atoms with Gasteiger partial charge >= 0.3 is 0 Å². The van der Waals surface area contributed by atoms with Crippen molar-refractivity contribution < 1.29 is 0 Å². The number of nitrogens with two attached hydrogens (primary N) is 1. The van der Waals surface area contributed by atoms with Gasteiger partial charge in [-0.2, -0.15) is 0 Å². The lowest BCUT2D eigenvalue weighted by molar-refractivity contribution is 0.440. The van der Waals surface area contributed by atoms with E-state index in [9.17, 15) is 0 Å². The second-order valence-corrected chi connectivity index (χ2v) is 5.20. The lowest BCUT2D eigenvalue weighted by Crippen LogP contribution is -2.16. The Morgan fingerprint density at radius 3 is 2.72 bits per heavy atom. The first-order valence-corrected chi connectivity index (χ1v) is 6.46. The molecule has 1 atom stereocenters. The van der Waals surface area contributed by atoms with Gasteiger partial charge < -0.3 is 11.1 Å². The summed E-state index contributed by atoms with van der Waals surface area (Å²) in [6.45, 7) is 7.71. The van der Waals surface area contributed by atoms with Crippen LogP contribution in [-0.4, -0.2) is 11.5 Å². The second kappa shape index (κ2) is 5.25. The van der Waals surface area contributed by atoms with Crippen LogP contribution in [0, 0.1) is 11.8 Å². The molecular weight excluding hydrogens is 222 g/mol. The van der Waals surface area contributed by atoms with E-state index in [0.29, 0.717) is 11.8 Å². The minimum absolute atomic E-state index is 0.634. The minimum atomic E-state index is 0.634. The highest BCUT2D eigenvalue weighted by molar-refractivity contribution is 5.97. The molecule has 2 aromatic rings. The number of para-hydroxylation sites is 1. The summed E-state index contributed by atoms with van der Waals surface area (Å²) in [6, 6.07) is 7.92. The SMILES string of the molecule is CC(C)C(C)CNc1ccnc2c(N)cccc12. The Balaban J connectivity index is 2.26. The number of anilines is 2. The van der Waals surface area contributed by atoms with E-state index in [1.165, 1.54) is 0 Å². The highest BCUT2D eigenvalue weighted by Crippen LogP contribution is 2.25. The molecule has 1 aromatic carbocycles. The summed E-state index contributed by atoms with van der Waals surface area (Å²) in [6.07, 6.45) is 1.81. The largest absolute Gasteiger partial charge is 0.397 e. The highest BCUT2D eigenvalue weighted by atomic mass is 14.9. The van der Waals surface area contributed by atoms with E-state index in [-0.39, 0.29) is 0 Å². The predicted octanol–water partition coefficient (Wildman–Crippen LogP) is 3.52. The van der Waals surface area contributed by atoms with E-state index in [1.54, 1.807) is 6.20 Å². The Kier molecular flexibility index (Phi) is 3.70. The van der Waals surface area contributed by atoms with Crippen LogP contribution >= 0.6 is 0 Å². The molecule has 0 fully saturated rings. The number of aromatic nitrogens is 1. The fourth-order valence-electron chi connectivity index (χ4n) is 1.86. The van der Waals surface area contributed by atoms with Gasteiger partial charge in [-0.15, -0.1) is 0 Å². The molecule has 0 radical (unpaired) electrons. The van der Waals surface area contributed by atoms with Gasteiger partial charge in [0, 0.05) is 23.8 Å². The van der Waals surface area contributed by atoms with Crippen LogP contribution in [0.2, 0.25) is 0 Å². The van der Waals surface area contributed by atoms with Crippen LogP contribution in [0.3, 0.4) is 0 Å². The van der Waals surface area contributed by atoms with Crippen molar-refractivity contribution in [3.8, 4) is 0 Å². The van der Waals surface area contributed by atoms with E-state index < -0.39 is 0 Å². The number of nitrogens with one attached hydrogen (secondary N) is 1. The van der Waals surface area contributed by atoms with Gasteiger partial charge in [-0.05, 0) is 24.0 Å². The summed E-state index contributed by atoms with van der Waals surface area (Å²) in [4.78, 5) is 4.34. The van der Waals surface area contributed by atoms with Crippen molar-refractivity contribution in [2.75, 3.05) is 17.6 Å². The first kappa shape index (κ1) is 12.7. The van der Waals surface area contributed by atoms with Crippen LogP contribution in [0.4, 0.5) is 11.4 Å². The molecule has 96 valence electrons. The Bertz CT molecular complexity index is 534. The lowest BCUT2D eigenvalue weighted by Gasteiger charge is -2.18. The zero-order chi connectivity index (χ0) is 13.1. The van der Waals surface area contributed by atoms with Crippen LogP contribution < -0.4 is 11.1 Å². The number of rotatable bonds is 4. The van der Waals surface area contributed by atoms with Crippen LogP contribution in [0.5, 0.6) is 0 Å². The maximum absolute atomic E-state index is 5.94. The molecule has 0 aliphatic carbocycles. The molecule has 1 aromatic heterocycles. The van der Waals surface area contributed by atoms with Crippen molar-refractivity contribution in [2.45, 2.75) is 20.8 Å². The second-order valence-electron chi connectivity index (χ2n) is 5.20. The average Bonchev–Trinajstić information content (AvgIpc) is 2.36. The van der Waals surface area contributed by atoms with E-state index in [4.69, 9.17) is 5.73 Å². The van der Waals surface area contributed by atoms with Crippen molar-refractivity contribution in [3.63, 3.8) is 0 Å². The normalized spacial score (nSPS) is 12.9. The first-order valence-electron chi connectivity index (χ1n) is 6.46. The number of benzene rings is 1. The van der Waals surface area contributed by atoms with E-state index in [1.807, 2.05) is 18.2 Å². The smallest absolute Gasteiger partial charge is 0.0951 e. The summed E-state index contributed by atoms with van der Waals surface area (Å²) in [5.74, 6) is 1.31. The topological polar surface area (TPSA) is 50.9 Å². The summed E-state index contributed by atoms with van der Waals surface area (Å²) < 4.78 is 0. The monoisotopic (exact) mass is 243 g/mol. The third kappa shape index (κ3) is 2.55. The van der Waals surface area contributed by atoms with Crippen LogP contribution in [0.25, 0.3) is 10.9 Å². The maximum Gasteiger partial charge on any atom is 0.0951 e. The number of hydrogen-bond donors (Lipinski definition) is 2. The first-order chi connectivity index (χ1) is 8.59. The summed E-state index contributed by atoms with van der Waals surface area (Å²) in [5.41, 5.74) is 8.65. The number of nitrogen functional groups attached to an aromatic ring is 1. The molecule has 2 rings (SSSR count). The van der Waals surface area contributed by atoms with Crippen molar-refractivity contribution in [2.24, 2.45) is 11.8 Å². The number of pyridine rings is 1. The molecular formula is C15H21N3. The van der Waals surface area contributed by atoms with Gasteiger partial charge in [0.15, 0.2) is 0 Å². The van der Waals surface area contributed by atoms with Gasteiger partial charge in [0.05, 0.1) is 11.2 Å². The molecule has 0 aliphatic rings. The fraction of sp³-hybridized carbons (Fsp3) is 0.400. The summed E-state index contributed by atoms with van der Waals surface area (Å²) in [7, 11) is 0. The molecule has 0 bridgehead atoms. The fourth-order valence-corrected chi connectivity index (χ4v) is 1.86.